The van der Waals surface area contributed by atoms with E-state index in [0.717, 1.165) is 22.6 Å². The first-order chi connectivity index (χ1) is 11.7. The third-order valence-electron chi connectivity index (χ3n) is 4.41. The van der Waals surface area contributed by atoms with Gasteiger partial charge in [-0.05, 0) is 60.1 Å². The van der Waals surface area contributed by atoms with Gasteiger partial charge < -0.3 is 19.7 Å². The molecule has 0 bridgehead atoms. The van der Waals surface area contributed by atoms with Crippen molar-refractivity contribution in [3.8, 4) is 11.5 Å². The van der Waals surface area contributed by atoms with Crippen LogP contribution in [0.25, 0.3) is 0 Å². The lowest BCUT2D eigenvalue weighted by molar-refractivity contribution is 0.240. The van der Waals surface area contributed by atoms with Crippen LogP contribution in [0.3, 0.4) is 0 Å². The molecule has 4 heteroatoms. The second-order valence-corrected chi connectivity index (χ2v) is 5.79. The molecule has 0 fully saturated rings. The normalized spacial score (nSPS) is 13.3. The quantitative estimate of drug-likeness (QED) is 0.740. The second-order valence-electron chi connectivity index (χ2n) is 5.79. The summed E-state index contributed by atoms with van der Waals surface area (Å²) in [6.07, 6.45) is 1.24. The van der Waals surface area contributed by atoms with Crippen LogP contribution in [-0.4, -0.2) is 37.6 Å². The van der Waals surface area contributed by atoms with Gasteiger partial charge in [-0.15, -0.1) is 0 Å². The highest BCUT2D eigenvalue weighted by atomic mass is 16.5. The van der Waals surface area contributed by atoms with E-state index in [0.29, 0.717) is 12.8 Å². The predicted octanol–water partition coefficient (Wildman–Crippen LogP) is 3.34. The molecule has 0 saturated heterocycles. The minimum atomic E-state index is 0.0874. The molecule has 0 heterocycles. The third kappa shape index (κ3) is 4.49. The summed E-state index contributed by atoms with van der Waals surface area (Å²) in [4.78, 5) is 0. The molecule has 0 spiro atoms. The van der Waals surface area contributed by atoms with Crippen LogP contribution in [-0.2, 0) is 0 Å². The van der Waals surface area contributed by atoms with Crippen molar-refractivity contribution < 1.29 is 19.7 Å². The first kappa shape index (κ1) is 18.3. The maximum Gasteiger partial charge on any atom is 0.119 e. The Bertz CT molecular complexity index is 571. The van der Waals surface area contributed by atoms with Gasteiger partial charge in [0.15, 0.2) is 0 Å². The van der Waals surface area contributed by atoms with Crippen LogP contribution in [0.5, 0.6) is 11.5 Å². The topological polar surface area (TPSA) is 58.9 Å². The summed E-state index contributed by atoms with van der Waals surface area (Å²) in [5.41, 5.74) is 2.20. The smallest absolute Gasteiger partial charge is 0.119 e. The number of aliphatic hydroxyl groups excluding tert-OH is 2. The molecule has 0 aliphatic carbocycles. The van der Waals surface area contributed by atoms with Crippen LogP contribution >= 0.6 is 0 Å². The largest absolute Gasteiger partial charge is 0.497 e. The molecule has 2 N–H and O–H groups in total. The Morgan fingerprint density at radius 1 is 0.750 bits per heavy atom. The number of benzene rings is 2. The van der Waals surface area contributed by atoms with Crippen molar-refractivity contribution in [1.82, 2.24) is 0 Å². The predicted molar refractivity (Wildman–Crippen MR) is 94.9 cm³/mol. The van der Waals surface area contributed by atoms with E-state index in [2.05, 4.69) is 0 Å². The zero-order valence-corrected chi connectivity index (χ0v) is 14.3. The Kier molecular flexibility index (Phi) is 7.09. The van der Waals surface area contributed by atoms with Crippen molar-refractivity contribution >= 4 is 0 Å². The zero-order valence-electron chi connectivity index (χ0n) is 14.3. The fourth-order valence-corrected chi connectivity index (χ4v) is 3.22. The van der Waals surface area contributed by atoms with Crippen molar-refractivity contribution in [3.63, 3.8) is 0 Å². The summed E-state index contributed by atoms with van der Waals surface area (Å²) in [5.74, 6) is 1.77. The Balaban J connectivity index is 2.42. The lowest BCUT2D eigenvalue weighted by Crippen LogP contribution is -2.15. The minimum Gasteiger partial charge on any atom is -0.497 e. The Morgan fingerprint density at radius 2 is 1.17 bits per heavy atom. The van der Waals surface area contributed by atoms with E-state index in [4.69, 9.17) is 9.47 Å². The highest BCUT2D eigenvalue weighted by molar-refractivity contribution is 5.37. The lowest BCUT2D eigenvalue weighted by atomic mass is 9.78. The number of aliphatic hydroxyl groups is 2. The van der Waals surface area contributed by atoms with Crippen molar-refractivity contribution in [2.75, 3.05) is 27.4 Å². The van der Waals surface area contributed by atoms with Crippen LogP contribution in [0.4, 0.5) is 0 Å². The molecular weight excluding hydrogens is 304 g/mol. The van der Waals surface area contributed by atoms with E-state index < -0.39 is 0 Å². The number of ether oxygens (including phenoxy) is 2. The average molecular weight is 330 g/mol. The van der Waals surface area contributed by atoms with Crippen LogP contribution in [0.15, 0.2) is 48.5 Å². The van der Waals surface area contributed by atoms with Crippen LogP contribution in [0.2, 0.25) is 0 Å². The molecule has 2 atom stereocenters. The van der Waals surface area contributed by atoms with Gasteiger partial charge >= 0.3 is 0 Å². The first-order valence-electron chi connectivity index (χ1n) is 8.23. The molecule has 0 saturated carbocycles. The van der Waals surface area contributed by atoms with E-state index in [9.17, 15) is 10.2 Å². The van der Waals surface area contributed by atoms with Crippen LogP contribution in [0.1, 0.15) is 35.8 Å². The van der Waals surface area contributed by atoms with Gasteiger partial charge in [0, 0.05) is 13.2 Å². The van der Waals surface area contributed by atoms with Gasteiger partial charge in [0.1, 0.15) is 11.5 Å². The fourth-order valence-electron chi connectivity index (χ4n) is 3.22. The van der Waals surface area contributed by atoms with Gasteiger partial charge in [0.2, 0.25) is 0 Å². The second kappa shape index (κ2) is 9.30. The van der Waals surface area contributed by atoms with Gasteiger partial charge in [0.25, 0.3) is 0 Å². The number of rotatable bonds is 9. The standard InChI is InChI=1S/C20H26O4/c1-23-17-7-3-5-15(13-17)19(9-11-21)20(10-12-22)16-6-4-8-18(14-16)24-2/h3-8,13-14,19-22H,9-12H2,1-2H3/t19-,20-/m0/s1. The number of hydrogen-bond donors (Lipinski definition) is 2. The maximum absolute atomic E-state index is 9.57. The molecule has 24 heavy (non-hydrogen) atoms. The van der Waals surface area contributed by atoms with E-state index >= 15 is 0 Å². The Labute approximate surface area is 143 Å². The summed E-state index contributed by atoms with van der Waals surface area (Å²) >= 11 is 0. The summed E-state index contributed by atoms with van der Waals surface area (Å²) in [5, 5.41) is 19.1. The maximum atomic E-state index is 9.57. The summed E-state index contributed by atoms with van der Waals surface area (Å²) < 4.78 is 10.7. The van der Waals surface area contributed by atoms with E-state index in [1.807, 2.05) is 48.5 Å². The van der Waals surface area contributed by atoms with Crippen molar-refractivity contribution in [2.24, 2.45) is 0 Å². The van der Waals surface area contributed by atoms with Gasteiger partial charge in [-0.25, -0.2) is 0 Å². The van der Waals surface area contributed by atoms with Gasteiger partial charge in [-0.1, -0.05) is 24.3 Å². The molecule has 0 aromatic heterocycles. The SMILES string of the molecule is COc1cccc([C@H](CCO)[C@@H](CCO)c2cccc(OC)c2)c1. The molecule has 2 aromatic rings. The number of methoxy groups -OCH3 is 2. The molecule has 2 aromatic carbocycles. The van der Waals surface area contributed by atoms with Crippen molar-refractivity contribution in [1.29, 1.82) is 0 Å². The highest BCUT2D eigenvalue weighted by Crippen LogP contribution is 2.39. The van der Waals surface area contributed by atoms with Gasteiger partial charge in [-0.2, -0.15) is 0 Å². The van der Waals surface area contributed by atoms with Crippen molar-refractivity contribution in [2.45, 2.75) is 24.7 Å². The Morgan fingerprint density at radius 3 is 1.50 bits per heavy atom. The molecule has 2 rings (SSSR count). The summed E-state index contributed by atoms with van der Waals surface area (Å²) in [6, 6.07) is 15.8. The van der Waals surface area contributed by atoms with Gasteiger partial charge in [-0.3, -0.25) is 0 Å². The molecule has 0 aliphatic rings. The fraction of sp³-hybridized carbons (Fsp3) is 0.400. The van der Waals surface area contributed by atoms with Crippen molar-refractivity contribution in [3.05, 3.63) is 59.7 Å². The monoisotopic (exact) mass is 330 g/mol. The van der Waals surface area contributed by atoms with Crippen LogP contribution in [0, 0.1) is 0 Å². The van der Waals surface area contributed by atoms with E-state index in [1.54, 1.807) is 14.2 Å². The van der Waals surface area contributed by atoms with E-state index in [-0.39, 0.29) is 25.0 Å². The zero-order chi connectivity index (χ0) is 17.4. The molecule has 130 valence electrons. The van der Waals surface area contributed by atoms with Crippen LogP contribution < -0.4 is 9.47 Å². The molecule has 0 radical (unpaired) electrons. The average Bonchev–Trinajstić information content (AvgIpc) is 2.64. The molecule has 0 unspecified atom stereocenters. The first-order valence-corrected chi connectivity index (χ1v) is 8.23. The van der Waals surface area contributed by atoms with Gasteiger partial charge in [0.05, 0.1) is 14.2 Å². The minimum absolute atomic E-state index is 0.0874. The molecule has 0 aliphatic heterocycles. The Hall–Kier alpha value is -2.04. The number of hydrogen-bond acceptors (Lipinski definition) is 4. The lowest BCUT2D eigenvalue weighted by Gasteiger charge is -2.28. The summed E-state index contributed by atoms with van der Waals surface area (Å²) in [7, 11) is 3.29. The third-order valence-corrected chi connectivity index (χ3v) is 4.41. The molecular formula is C20H26O4. The van der Waals surface area contributed by atoms with E-state index in [1.165, 1.54) is 0 Å². The highest BCUT2D eigenvalue weighted by Gasteiger charge is 2.25. The summed E-state index contributed by atoms with van der Waals surface area (Å²) in [6.45, 7) is 0.182. The molecule has 0 amide bonds. The molecule has 4 nitrogen and oxygen atoms in total.